The summed E-state index contributed by atoms with van der Waals surface area (Å²) in [6.07, 6.45) is 4.88. The minimum absolute atomic E-state index is 0.407. The first-order valence-electron chi connectivity index (χ1n) is 6.92. The lowest BCUT2D eigenvalue weighted by Gasteiger charge is -2.33. The van der Waals surface area contributed by atoms with E-state index < -0.39 is 0 Å². The minimum Gasteiger partial charge on any atom is -0.237 e. The summed E-state index contributed by atoms with van der Waals surface area (Å²) in [6, 6.07) is 1.89. The highest BCUT2D eigenvalue weighted by Crippen LogP contribution is 2.41. The van der Waals surface area contributed by atoms with Crippen molar-refractivity contribution in [3.8, 4) is 0 Å². The lowest BCUT2D eigenvalue weighted by molar-refractivity contribution is 0.220. The molecule has 3 heteroatoms. The Bertz CT molecular complexity index is 417. The highest BCUT2D eigenvalue weighted by molar-refractivity contribution is 6.29. The van der Waals surface area contributed by atoms with Gasteiger partial charge in [-0.05, 0) is 43.1 Å². The molecule has 1 aliphatic rings. The van der Waals surface area contributed by atoms with Crippen LogP contribution in [-0.4, -0.2) is 9.97 Å². The average Bonchev–Trinajstić information content (AvgIpc) is 2.28. The zero-order valence-corrected chi connectivity index (χ0v) is 12.6. The fourth-order valence-electron chi connectivity index (χ4n) is 2.59. The summed E-state index contributed by atoms with van der Waals surface area (Å²) in [5, 5.41) is 0.591. The van der Waals surface area contributed by atoms with Crippen molar-refractivity contribution >= 4 is 11.6 Å². The molecule has 0 amide bonds. The molecule has 0 N–H and O–H groups in total. The van der Waals surface area contributed by atoms with E-state index in [0.717, 1.165) is 11.5 Å². The van der Waals surface area contributed by atoms with E-state index in [9.17, 15) is 0 Å². The van der Waals surface area contributed by atoms with Gasteiger partial charge in [-0.15, -0.1) is 0 Å². The van der Waals surface area contributed by atoms with E-state index in [1.54, 1.807) is 0 Å². The van der Waals surface area contributed by atoms with Crippen LogP contribution in [0.3, 0.4) is 0 Å². The molecule has 0 spiro atoms. The predicted octanol–water partition coefficient (Wildman–Crippen LogP) is 4.94. The number of hydrogen-bond donors (Lipinski definition) is 0. The van der Waals surface area contributed by atoms with Gasteiger partial charge >= 0.3 is 0 Å². The first-order chi connectivity index (χ1) is 8.37. The summed E-state index contributed by atoms with van der Waals surface area (Å²) >= 11 is 6.12. The lowest BCUT2D eigenvalue weighted by atomic mass is 9.73. The monoisotopic (exact) mass is 266 g/mol. The van der Waals surface area contributed by atoms with Crippen LogP contribution in [0.25, 0.3) is 0 Å². The van der Waals surface area contributed by atoms with E-state index in [-0.39, 0.29) is 0 Å². The Balaban J connectivity index is 2.19. The second-order valence-electron chi connectivity index (χ2n) is 6.57. The van der Waals surface area contributed by atoms with E-state index in [2.05, 4.69) is 32.7 Å². The number of aromatic nitrogens is 2. The van der Waals surface area contributed by atoms with Crippen molar-refractivity contribution in [1.82, 2.24) is 9.97 Å². The summed E-state index contributed by atoms with van der Waals surface area (Å²) < 4.78 is 0. The molecule has 1 aliphatic carbocycles. The molecular formula is C15H23ClN2. The zero-order valence-electron chi connectivity index (χ0n) is 11.8. The maximum Gasteiger partial charge on any atom is 0.133 e. The molecule has 0 unspecified atom stereocenters. The third-order valence-corrected chi connectivity index (χ3v) is 4.22. The SMILES string of the molecule is CC(C)c1cc(Cl)nc(C2CCC(C)(C)CC2)n1. The molecule has 2 nitrogen and oxygen atoms in total. The Kier molecular flexibility index (Phi) is 3.96. The Hall–Kier alpha value is -0.630. The molecule has 1 saturated carbocycles. The highest BCUT2D eigenvalue weighted by Gasteiger charge is 2.29. The van der Waals surface area contributed by atoms with Crippen molar-refractivity contribution in [3.05, 3.63) is 22.7 Å². The Morgan fingerprint density at radius 2 is 1.83 bits per heavy atom. The number of nitrogens with zero attached hydrogens (tertiary/aromatic N) is 2. The summed E-state index contributed by atoms with van der Waals surface area (Å²) in [6.45, 7) is 8.99. The van der Waals surface area contributed by atoms with Crippen molar-refractivity contribution in [2.75, 3.05) is 0 Å². The van der Waals surface area contributed by atoms with Gasteiger partial charge in [0.2, 0.25) is 0 Å². The quantitative estimate of drug-likeness (QED) is 0.709. The van der Waals surface area contributed by atoms with Gasteiger partial charge in [-0.1, -0.05) is 39.3 Å². The van der Waals surface area contributed by atoms with Crippen molar-refractivity contribution in [2.45, 2.75) is 65.2 Å². The van der Waals surface area contributed by atoms with Gasteiger partial charge in [0.25, 0.3) is 0 Å². The second-order valence-corrected chi connectivity index (χ2v) is 6.95. The molecule has 0 aliphatic heterocycles. The van der Waals surface area contributed by atoms with E-state index in [4.69, 9.17) is 16.6 Å². The number of rotatable bonds is 2. The van der Waals surface area contributed by atoms with Crippen molar-refractivity contribution in [3.63, 3.8) is 0 Å². The van der Waals surface area contributed by atoms with Gasteiger partial charge in [0.15, 0.2) is 0 Å². The molecule has 0 bridgehead atoms. The first kappa shape index (κ1) is 13.8. The van der Waals surface area contributed by atoms with E-state index in [1.165, 1.54) is 25.7 Å². The first-order valence-corrected chi connectivity index (χ1v) is 7.29. The predicted molar refractivity (Wildman–Crippen MR) is 76.1 cm³/mol. The van der Waals surface area contributed by atoms with Crippen molar-refractivity contribution in [2.24, 2.45) is 5.41 Å². The van der Waals surface area contributed by atoms with E-state index in [1.807, 2.05) is 6.07 Å². The summed E-state index contributed by atoms with van der Waals surface area (Å²) in [7, 11) is 0. The van der Waals surface area contributed by atoms with Gasteiger partial charge in [0.1, 0.15) is 11.0 Å². The Labute approximate surface area is 115 Å². The van der Waals surface area contributed by atoms with Crippen LogP contribution in [0, 0.1) is 5.41 Å². The zero-order chi connectivity index (χ0) is 13.3. The molecule has 2 rings (SSSR count). The van der Waals surface area contributed by atoms with Gasteiger partial charge < -0.3 is 0 Å². The molecule has 0 aromatic carbocycles. The number of halogens is 1. The van der Waals surface area contributed by atoms with E-state index in [0.29, 0.717) is 22.4 Å². The van der Waals surface area contributed by atoms with Gasteiger partial charge in [0, 0.05) is 11.6 Å². The maximum atomic E-state index is 6.12. The fraction of sp³-hybridized carbons (Fsp3) is 0.733. The minimum atomic E-state index is 0.407. The fourth-order valence-corrected chi connectivity index (χ4v) is 2.79. The van der Waals surface area contributed by atoms with Crippen LogP contribution in [-0.2, 0) is 0 Å². The van der Waals surface area contributed by atoms with Crippen LogP contribution in [0.5, 0.6) is 0 Å². The largest absolute Gasteiger partial charge is 0.237 e. The third-order valence-electron chi connectivity index (χ3n) is 4.03. The van der Waals surface area contributed by atoms with Crippen LogP contribution in [0.2, 0.25) is 5.15 Å². The summed E-state index contributed by atoms with van der Waals surface area (Å²) in [5.74, 6) is 1.86. The Morgan fingerprint density at radius 3 is 2.39 bits per heavy atom. The molecular weight excluding hydrogens is 244 g/mol. The second kappa shape index (κ2) is 5.16. The van der Waals surface area contributed by atoms with Gasteiger partial charge in [-0.2, -0.15) is 0 Å². The molecule has 1 heterocycles. The van der Waals surface area contributed by atoms with Gasteiger partial charge in [-0.3, -0.25) is 0 Å². The van der Waals surface area contributed by atoms with Crippen LogP contribution < -0.4 is 0 Å². The maximum absolute atomic E-state index is 6.12. The number of hydrogen-bond acceptors (Lipinski definition) is 2. The van der Waals surface area contributed by atoms with E-state index >= 15 is 0 Å². The topological polar surface area (TPSA) is 25.8 Å². The lowest BCUT2D eigenvalue weighted by Crippen LogP contribution is -2.21. The highest BCUT2D eigenvalue weighted by atomic mass is 35.5. The molecule has 1 aromatic heterocycles. The van der Waals surface area contributed by atoms with Crippen LogP contribution in [0.15, 0.2) is 6.07 Å². The molecule has 18 heavy (non-hydrogen) atoms. The third kappa shape index (κ3) is 3.23. The Morgan fingerprint density at radius 1 is 1.22 bits per heavy atom. The van der Waals surface area contributed by atoms with Gasteiger partial charge in [0.05, 0.1) is 0 Å². The molecule has 100 valence electrons. The molecule has 0 saturated heterocycles. The standard InChI is InChI=1S/C15H23ClN2/c1-10(2)12-9-13(16)18-14(17-12)11-5-7-15(3,4)8-6-11/h9-11H,5-8H2,1-4H3. The van der Waals surface area contributed by atoms with Crippen molar-refractivity contribution < 1.29 is 0 Å². The summed E-state index contributed by atoms with van der Waals surface area (Å²) in [4.78, 5) is 9.15. The van der Waals surface area contributed by atoms with Gasteiger partial charge in [-0.25, -0.2) is 9.97 Å². The van der Waals surface area contributed by atoms with Crippen LogP contribution in [0.1, 0.15) is 76.7 Å². The molecule has 1 aromatic rings. The smallest absolute Gasteiger partial charge is 0.133 e. The summed E-state index contributed by atoms with van der Waals surface area (Å²) in [5.41, 5.74) is 1.55. The molecule has 1 fully saturated rings. The molecule has 0 atom stereocenters. The molecule has 0 radical (unpaired) electrons. The van der Waals surface area contributed by atoms with Crippen molar-refractivity contribution in [1.29, 1.82) is 0 Å². The van der Waals surface area contributed by atoms with Crippen LogP contribution in [0.4, 0.5) is 0 Å². The average molecular weight is 267 g/mol. The van der Waals surface area contributed by atoms with Crippen LogP contribution >= 0.6 is 11.6 Å². The normalized spacial score (nSPS) is 20.3.